The summed E-state index contributed by atoms with van der Waals surface area (Å²) >= 11 is 1.54. The topological polar surface area (TPSA) is 82.5 Å². The van der Waals surface area contributed by atoms with Crippen molar-refractivity contribution in [1.82, 2.24) is 15.2 Å². The van der Waals surface area contributed by atoms with Crippen LogP contribution >= 0.6 is 11.3 Å². The summed E-state index contributed by atoms with van der Waals surface area (Å²) in [6.45, 7) is 0.541. The first-order valence-electron chi connectivity index (χ1n) is 9.74. The van der Waals surface area contributed by atoms with Crippen molar-refractivity contribution in [3.8, 4) is 0 Å². The van der Waals surface area contributed by atoms with Gasteiger partial charge in [-0.3, -0.25) is 9.59 Å². The van der Waals surface area contributed by atoms with Crippen molar-refractivity contribution in [3.63, 3.8) is 0 Å². The Hall–Kier alpha value is -1.47. The third-order valence-electron chi connectivity index (χ3n) is 6.50. The number of carbonyl (C=O) groups is 2. The Balaban J connectivity index is 1.58. The smallest absolute Gasteiger partial charge is 0.228 e. The van der Waals surface area contributed by atoms with E-state index >= 15 is 0 Å². The van der Waals surface area contributed by atoms with Crippen LogP contribution in [0.2, 0.25) is 0 Å². The van der Waals surface area contributed by atoms with Crippen LogP contribution in [-0.2, 0) is 16.0 Å². The van der Waals surface area contributed by atoms with Crippen molar-refractivity contribution in [2.75, 3.05) is 13.2 Å². The molecule has 2 amide bonds. The van der Waals surface area contributed by atoms with Gasteiger partial charge in [0.15, 0.2) is 0 Å². The maximum atomic E-state index is 13.2. The molecule has 1 aromatic rings. The zero-order valence-electron chi connectivity index (χ0n) is 15.0. The minimum Gasteiger partial charge on any atom is -0.396 e. The molecule has 6 nitrogen and oxygen atoms in total. The molecule has 0 unspecified atom stereocenters. The number of hydrogen-bond donors (Lipinski definition) is 2. The fraction of sp³-hybridized carbons (Fsp3) is 0.737. The van der Waals surface area contributed by atoms with Crippen molar-refractivity contribution in [1.29, 1.82) is 0 Å². The Labute approximate surface area is 158 Å². The van der Waals surface area contributed by atoms with Gasteiger partial charge in [0, 0.05) is 43.0 Å². The first-order valence-corrected chi connectivity index (χ1v) is 10.7. The summed E-state index contributed by atoms with van der Waals surface area (Å²) in [5, 5.41) is 14.0. The average molecular weight is 378 g/mol. The summed E-state index contributed by atoms with van der Waals surface area (Å²) in [5.41, 5.74) is 2.17. The van der Waals surface area contributed by atoms with Gasteiger partial charge in [-0.25, -0.2) is 4.98 Å². The largest absolute Gasteiger partial charge is 0.396 e. The van der Waals surface area contributed by atoms with Crippen LogP contribution in [0.1, 0.15) is 50.6 Å². The van der Waals surface area contributed by atoms with E-state index in [1.54, 1.807) is 16.8 Å². The van der Waals surface area contributed by atoms with Gasteiger partial charge in [0.25, 0.3) is 0 Å². The highest BCUT2D eigenvalue weighted by atomic mass is 32.1. The predicted octanol–water partition coefficient (Wildman–Crippen LogP) is 1.73. The van der Waals surface area contributed by atoms with Gasteiger partial charge < -0.3 is 15.3 Å². The number of aliphatic hydroxyl groups is 1. The maximum Gasteiger partial charge on any atom is 0.228 e. The standard InChI is InChI=1S/C19H27N3O3S/c23-8-2-7-20-18(25)19(9-14-11-26-12-21-14)10-15-5-6-16(19)22(15)17(24)13-3-1-4-13/h11-13,15-16,23H,1-10H2,(H,20,25)/t15-,16+,19+/m1/s1. The maximum absolute atomic E-state index is 13.2. The van der Waals surface area contributed by atoms with E-state index in [4.69, 9.17) is 5.11 Å². The number of amides is 2. The molecule has 1 aromatic heterocycles. The molecule has 3 fully saturated rings. The number of thiazole rings is 1. The van der Waals surface area contributed by atoms with E-state index < -0.39 is 5.41 Å². The van der Waals surface area contributed by atoms with Crippen molar-refractivity contribution >= 4 is 23.2 Å². The molecule has 3 aliphatic rings. The van der Waals surface area contributed by atoms with Crippen molar-refractivity contribution in [2.45, 2.75) is 63.5 Å². The van der Waals surface area contributed by atoms with Gasteiger partial charge >= 0.3 is 0 Å². The molecule has 3 atom stereocenters. The molecule has 1 aliphatic carbocycles. The lowest BCUT2D eigenvalue weighted by Crippen LogP contribution is -2.52. The van der Waals surface area contributed by atoms with E-state index in [1.165, 1.54) is 0 Å². The van der Waals surface area contributed by atoms with Crippen molar-refractivity contribution in [3.05, 3.63) is 16.6 Å². The van der Waals surface area contributed by atoms with Gasteiger partial charge in [0.2, 0.25) is 11.8 Å². The first-order chi connectivity index (χ1) is 12.7. The highest BCUT2D eigenvalue weighted by Crippen LogP contribution is 2.53. The molecule has 142 valence electrons. The monoisotopic (exact) mass is 377 g/mol. The van der Waals surface area contributed by atoms with E-state index in [-0.39, 0.29) is 36.4 Å². The SMILES string of the molecule is O=C(C1CCC1)N1[C@@H]2CC[C@H]1[C@@](Cc1cscn1)(C(=O)NCCCO)C2. The Kier molecular flexibility index (Phi) is 5.01. The molecule has 2 aliphatic heterocycles. The Morgan fingerprint density at radius 2 is 2.19 bits per heavy atom. The summed E-state index contributed by atoms with van der Waals surface area (Å²) in [6, 6.07) is 0.173. The quantitative estimate of drug-likeness (QED) is 0.709. The van der Waals surface area contributed by atoms with Crippen molar-refractivity contribution in [2.24, 2.45) is 11.3 Å². The lowest BCUT2D eigenvalue weighted by molar-refractivity contribution is -0.141. The summed E-state index contributed by atoms with van der Waals surface area (Å²) < 4.78 is 0. The van der Waals surface area contributed by atoms with E-state index in [2.05, 4.69) is 15.2 Å². The molecule has 0 spiro atoms. The number of aliphatic hydroxyl groups excluding tert-OH is 1. The number of rotatable bonds is 7. The normalized spacial score (nSPS) is 30.4. The number of aromatic nitrogens is 1. The molecular formula is C19H27N3O3S. The molecule has 3 heterocycles. The molecule has 1 saturated carbocycles. The van der Waals surface area contributed by atoms with E-state index in [9.17, 15) is 9.59 Å². The third-order valence-corrected chi connectivity index (χ3v) is 7.14. The number of hydrogen-bond acceptors (Lipinski definition) is 5. The summed E-state index contributed by atoms with van der Waals surface area (Å²) in [4.78, 5) is 32.7. The molecule has 0 aromatic carbocycles. The molecule has 7 heteroatoms. The molecule has 0 radical (unpaired) electrons. The van der Waals surface area contributed by atoms with Crippen LogP contribution in [0, 0.1) is 11.3 Å². The molecular weight excluding hydrogens is 350 g/mol. The zero-order chi connectivity index (χ0) is 18.1. The average Bonchev–Trinajstić information content (AvgIpc) is 3.28. The van der Waals surface area contributed by atoms with Gasteiger partial charge in [0.1, 0.15) is 0 Å². The Bertz CT molecular complexity index is 661. The molecule has 2 bridgehead atoms. The third kappa shape index (κ3) is 2.95. The molecule has 4 rings (SSSR count). The van der Waals surface area contributed by atoms with Gasteiger partial charge in [-0.05, 0) is 38.5 Å². The summed E-state index contributed by atoms with van der Waals surface area (Å²) in [5.74, 6) is 0.468. The van der Waals surface area contributed by atoms with Crippen LogP contribution in [0.3, 0.4) is 0 Å². The second-order valence-electron chi connectivity index (χ2n) is 7.97. The summed E-state index contributed by atoms with van der Waals surface area (Å²) in [6.07, 6.45) is 6.93. The second-order valence-corrected chi connectivity index (χ2v) is 8.69. The van der Waals surface area contributed by atoms with Crippen LogP contribution < -0.4 is 5.32 Å². The van der Waals surface area contributed by atoms with Crippen LogP contribution in [0.25, 0.3) is 0 Å². The highest BCUT2D eigenvalue weighted by Gasteiger charge is 2.61. The number of fused-ring (bicyclic) bond motifs is 2. The first kappa shape index (κ1) is 17.9. The molecule has 2 saturated heterocycles. The summed E-state index contributed by atoms with van der Waals surface area (Å²) in [7, 11) is 0. The van der Waals surface area contributed by atoms with E-state index in [0.717, 1.165) is 44.2 Å². The number of nitrogens with zero attached hydrogens (tertiary/aromatic N) is 2. The van der Waals surface area contributed by atoms with E-state index in [0.29, 0.717) is 19.4 Å². The van der Waals surface area contributed by atoms with Gasteiger partial charge in [-0.2, -0.15) is 0 Å². The van der Waals surface area contributed by atoms with Crippen molar-refractivity contribution < 1.29 is 14.7 Å². The van der Waals surface area contributed by atoms with Crippen LogP contribution in [0.15, 0.2) is 10.9 Å². The highest BCUT2D eigenvalue weighted by molar-refractivity contribution is 7.07. The minimum absolute atomic E-state index is 0.0172. The Morgan fingerprint density at radius 3 is 2.85 bits per heavy atom. The van der Waals surface area contributed by atoms with Gasteiger partial charge in [-0.15, -0.1) is 11.3 Å². The van der Waals surface area contributed by atoms with Crippen LogP contribution in [0.5, 0.6) is 0 Å². The fourth-order valence-corrected chi connectivity index (χ4v) is 5.56. The zero-order valence-corrected chi connectivity index (χ0v) is 15.8. The van der Waals surface area contributed by atoms with Gasteiger partial charge in [-0.1, -0.05) is 6.42 Å². The van der Waals surface area contributed by atoms with Crippen LogP contribution in [-0.4, -0.2) is 52.0 Å². The minimum atomic E-state index is -0.578. The number of carbonyl (C=O) groups excluding carboxylic acids is 2. The fourth-order valence-electron chi connectivity index (χ4n) is 5.00. The predicted molar refractivity (Wildman–Crippen MR) is 98.6 cm³/mol. The second kappa shape index (κ2) is 7.27. The lowest BCUT2D eigenvalue weighted by Gasteiger charge is -2.37. The molecule has 2 N–H and O–H groups in total. The van der Waals surface area contributed by atoms with Crippen LogP contribution in [0.4, 0.5) is 0 Å². The lowest BCUT2D eigenvalue weighted by atomic mass is 9.70. The number of nitrogens with one attached hydrogen (secondary N) is 1. The van der Waals surface area contributed by atoms with E-state index in [1.807, 2.05) is 5.38 Å². The molecule has 26 heavy (non-hydrogen) atoms. The Morgan fingerprint density at radius 1 is 1.35 bits per heavy atom. The van der Waals surface area contributed by atoms with Gasteiger partial charge in [0.05, 0.1) is 16.6 Å².